The molecule has 0 saturated heterocycles. The fourth-order valence-corrected chi connectivity index (χ4v) is 8.39. The first-order valence-electron chi connectivity index (χ1n) is 27.4. The Morgan fingerprint density at radius 1 is 0.311 bits per heavy atom. The largest absolute Gasteiger partial charge is 0.462 e. The zero-order chi connectivity index (χ0) is 44.5. The van der Waals surface area contributed by atoms with Gasteiger partial charge < -0.3 is 14.2 Å². The van der Waals surface area contributed by atoms with Gasteiger partial charge in [0.2, 0.25) is 0 Å². The highest BCUT2D eigenvalue weighted by Crippen LogP contribution is 2.17. The molecule has 0 aliphatic carbocycles. The van der Waals surface area contributed by atoms with Gasteiger partial charge in [-0.05, 0) is 25.2 Å². The number of carbonyl (C=O) groups excluding carboxylic acids is 3. The molecular formula is C55H106O6. The molecule has 0 saturated carbocycles. The van der Waals surface area contributed by atoms with Gasteiger partial charge in [-0.1, -0.05) is 272 Å². The summed E-state index contributed by atoms with van der Waals surface area (Å²) in [5.74, 6) is -0.00117. The molecule has 362 valence electrons. The van der Waals surface area contributed by atoms with E-state index in [-0.39, 0.29) is 31.1 Å². The Bertz CT molecular complexity index is 918. The van der Waals surface area contributed by atoms with E-state index >= 15 is 0 Å². The summed E-state index contributed by atoms with van der Waals surface area (Å²) < 4.78 is 16.8. The first-order valence-corrected chi connectivity index (χ1v) is 27.4. The fourth-order valence-electron chi connectivity index (χ4n) is 8.39. The predicted octanol–water partition coefficient (Wildman–Crippen LogP) is 17.8. The Kier molecular flexibility index (Phi) is 48.1. The third-order valence-electron chi connectivity index (χ3n) is 12.5. The molecule has 0 amide bonds. The molecule has 0 unspecified atom stereocenters. The van der Waals surface area contributed by atoms with Crippen LogP contribution in [-0.2, 0) is 28.6 Å². The summed E-state index contributed by atoms with van der Waals surface area (Å²) in [6, 6.07) is 0. The van der Waals surface area contributed by atoms with E-state index in [1.807, 2.05) is 0 Å². The third kappa shape index (κ3) is 49.3. The number of carbonyl (C=O) groups is 3. The molecule has 0 aliphatic heterocycles. The molecule has 0 fully saturated rings. The lowest BCUT2D eigenvalue weighted by Gasteiger charge is -2.18. The standard InChI is InChI=1S/C55H106O6/c1-5-7-9-11-13-15-17-19-20-23-27-31-35-39-43-47-54(57)60-50-52(49-59-53(56)46-42-38-34-30-26-18-16-14-12-10-8-6-2)61-55(58)48-44-40-36-32-28-24-21-22-25-29-33-37-41-45-51(3)4/h51-52H,5-50H2,1-4H3/t52-/m0/s1. The van der Waals surface area contributed by atoms with Crippen molar-refractivity contribution >= 4 is 17.9 Å². The van der Waals surface area contributed by atoms with E-state index in [2.05, 4.69) is 27.7 Å². The van der Waals surface area contributed by atoms with Crippen LogP contribution in [0.5, 0.6) is 0 Å². The molecule has 0 N–H and O–H groups in total. The van der Waals surface area contributed by atoms with Gasteiger partial charge in [0.15, 0.2) is 6.10 Å². The van der Waals surface area contributed by atoms with Crippen molar-refractivity contribution in [1.82, 2.24) is 0 Å². The second-order valence-electron chi connectivity index (χ2n) is 19.3. The maximum Gasteiger partial charge on any atom is 0.306 e. The first kappa shape index (κ1) is 59.4. The molecule has 61 heavy (non-hydrogen) atoms. The van der Waals surface area contributed by atoms with Gasteiger partial charge in [-0.25, -0.2) is 0 Å². The van der Waals surface area contributed by atoms with Gasteiger partial charge in [0, 0.05) is 19.3 Å². The van der Waals surface area contributed by atoms with Crippen LogP contribution in [0.1, 0.15) is 310 Å². The van der Waals surface area contributed by atoms with Crippen molar-refractivity contribution in [2.75, 3.05) is 13.2 Å². The predicted molar refractivity (Wildman–Crippen MR) is 261 cm³/mol. The average Bonchev–Trinajstić information content (AvgIpc) is 3.24. The van der Waals surface area contributed by atoms with E-state index in [1.165, 1.54) is 205 Å². The maximum atomic E-state index is 12.8. The van der Waals surface area contributed by atoms with Crippen LogP contribution in [0.15, 0.2) is 0 Å². The van der Waals surface area contributed by atoms with Gasteiger partial charge in [0.05, 0.1) is 0 Å². The Labute approximate surface area is 380 Å². The number of unbranched alkanes of at least 4 members (excludes halogenated alkanes) is 37. The number of rotatable bonds is 50. The zero-order valence-electron chi connectivity index (χ0n) is 41.6. The molecule has 0 spiro atoms. The van der Waals surface area contributed by atoms with Crippen molar-refractivity contribution < 1.29 is 28.6 Å². The lowest BCUT2D eigenvalue weighted by atomic mass is 10.0. The summed E-state index contributed by atoms with van der Waals surface area (Å²) in [5.41, 5.74) is 0. The van der Waals surface area contributed by atoms with Gasteiger partial charge in [-0.2, -0.15) is 0 Å². The van der Waals surface area contributed by atoms with E-state index in [0.717, 1.165) is 63.7 Å². The third-order valence-corrected chi connectivity index (χ3v) is 12.5. The molecule has 0 aromatic heterocycles. The summed E-state index contributed by atoms with van der Waals surface area (Å²) in [4.78, 5) is 38.0. The molecule has 1 atom stereocenters. The average molecular weight is 863 g/mol. The fraction of sp³-hybridized carbons (Fsp3) is 0.945. The van der Waals surface area contributed by atoms with Crippen LogP contribution < -0.4 is 0 Å². The molecular weight excluding hydrogens is 757 g/mol. The number of hydrogen-bond acceptors (Lipinski definition) is 6. The van der Waals surface area contributed by atoms with Gasteiger partial charge in [0.1, 0.15) is 13.2 Å². The second kappa shape index (κ2) is 49.4. The highest BCUT2D eigenvalue weighted by Gasteiger charge is 2.19. The number of hydrogen-bond donors (Lipinski definition) is 0. The van der Waals surface area contributed by atoms with Crippen molar-refractivity contribution in [2.24, 2.45) is 5.92 Å². The van der Waals surface area contributed by atoms with Crippen LogP contribution in [0.2, 0.25) is 0 Å². The zero-order valence-corrected chi connectivity index (χ0v) is 41.6. The normalized spacial score (nSPS) is 12.0. The van der Waals surface area contributed by atoms with Crippen LogP contribution in [-0.4, -0.2) is 37.2 Å². The van der Waals surface area contributed by atoms with Gasteiger partial charge >= 0.3 is 17.9 Å². The molecule has 0 radical (unpaired) electrons. The Morgan fingerprint density at radius 2 is 0.541 bits per heavy atom. The number of ether oxygens (including phenoxy) is 3. The molecule has 0 aromatic rings. The summed E-state index contributed by atoms with van der Waals surface area (Å²) >= 11 is 0. The van der Waals surface area contributed by atoms with E-state index in [1.54, 1.807) is 0 Å². The number of esters is 3. The Balaban J connectivity index is 4.30. The van der Waals surface area contributed by atoms with Crippen LogP contribution >= 0.6 is 0 Å². The lowest BCUT2D eigenvalue weighted by Crippen LogP contribution is -2.30. The van der Waals surface area contributed by atoms with Crippen LogP contribution in [0, 0.1) is 5.92 Å². The first-order chi connectivity index (χ1) is 29.9. The summed E-state index contributed by atoms with van der Waals surface area (Å²) in [5, 5.41) is 0. The molecule has 0 aromatic carbocycles. The van der Waals surface area contributed by atoms with Crippen LogP contribution in [0.4, 0.5) is 0 Å². The smallest absolute Gasteiger partial charge is 0.306 e. The van der Waals surface area contributed by atoms with Crippen molar-refractivity contribution in [3.63, 3.8) is 0 Å². The van der Waals surface area contributed by atoms with Crippen molar-refractivity contribution in [3.8, 4) is 0 Å². The quantitative estimate of drug-likeness (QED) is 0.0344. The van der Waals surface area contributed by atoms with Gasteiger partial charge in [0.25, 0.3) is 0 Å². The Hall–Kier alpha value is -1.59. The SMILES string of the molecule is CCCCCCCCCCCCCCCCCC(=O)OC[C@H](COC(=O)CCCCCCCCCCCCCC)OC(=O)CCCCCCCCCCCCCCCC(C)C. The van der Waals surface area contributed by atoms with Crippen LogP contribution in [0.25, 0.3) is 0 Å². The van der Waals surface area contributed by atoms with E-state index in [9.17, 15) is 14.4 Å². The molecule has 0 aliphatic rings. The Morgan fingerprint density at radius 3 is 0.803 bits per heavy atom. The minimum Gasteiger partial charge on any atom is -0.462 e. The summed E-state index contributed by atoms with van der Waals surface area (Å²) in [6.07, 6.45) is 52.3. The lowest BCUT2D eigenvalue weighted by molar-refractivity contribution is -0.167. The molecule has 0 heterocycles. The summed E-state index contributed by atoms with van der Waals surface area (Å²) in [7, 11) is 0. The molecule has 0 bridgehead atoms. The second-order valence-corrected chi connectivity index (χ2v) is 19.3. The van der Waals surface area contributed by atoms with E-state index in [0.29, 0.717) is 19.3 Å². The topological polar surface area (TPSA) is 78.9 Å². The van der Waals surface area contributed by atoms with Gasteiger partial charge in [-0.3, -0.25) is 14.4 Å². The van der Waals surface area contributed by atoms with Crippen molar-refractivity contribution in [1.29, 1.82) is 0 Å². The monoisotopic (exact) mass is 863 g/mol. The molecule has 6 heteroatoms. The molecule has 6 nitrogen and oxygen atoms in total. The van der Waals surface area contributed by atoms with Crippen molar-refractivity contribution in [3.05, 3.63) is 0 Å². The minimum atomic E-state index is -0.761. The minimum absolute atomic E-state index is 0.0622. The highest BCUT2D eigenvalue weighted by atomic mass is 16.6. The van der Waals surface area contributed by atoms with Crippen LogP contribution in [0.3, 0.4) is 0 Å². The van der Waals surface area contributed by atoms with E-state index in [4.69, 9.17) is 14.2 Å². The van der Waals surface area contributed by atoms with E-state index < -0.39 is 6.10 Å². The summed E-state index contributed by atoms with van der Waals surface area (Å²) in [6.45, 7) is 9.05. The van der Waals surface area contributed by atoms with Gasteiger partial charge in [-0.15, -0.1) is 0 Å². The highest BCUT2D eigenvalue weighted by molar-refractivity contribution is 5.71. The molecule has 0 rings (SSSR count). The maximum absolute atomic E-state index is 12.8. The van der Waals surface area contributed by atoms with Crippen molar-refractivity contribution in [2.45, 2.75) is 316 Å².